The summed E-state index contributed by atoms with van der Waals surface area (Å²) in [7, 11) is 0. The molecule has 0 saturated heterocycles. The van der Waals surface area contributed by atoms with Crippen LogP contribution in [0.2, 0.25) is 5.15 Å². The van der Waals surface area contributed by atoms with E-state index < -0.39 is 5.41 Å². The van der Waals surface area contributed by atoms with Crippen molar-refractivity contribution in [1.82, 2.24) is 10.2 Å². The highest BCUT2D eigenvalue weighted by molar-refractivity contribution is 6.29. The summed E-state index contributed by atoms with van der Waals surface area (Å²) in [5, 5.41) is 10.5. The van der Waals surface area contributed by atoms with Crippen LogP contribution < -0.4 is 5.32 Å². The van der Waals surface area contributed by atoms with Crippen molar-refractivity contribution in [2.75, 3.05) is 5.32 Å². The van der Waals surface area contributed by atoms with Gasteiger partial charge in [0.15, 0.2) is 5.15 Å². The Balaban J connectivity index is 2.90. The van der Waals surface area contributed by atoms with E-state index in [0.717, 1.165) is 0 Å². The van der Waals surface area contributed by atoms with E-state index in [1.807, 2.05) is 20.8 Å². The number of rotatable bonds is 1. The van der Waals surface area contributed by atoms with Crippen molar-refractivity contribution >= 4 is 23.2 Å². The van der Waals surface area contributed by atoms with E-state index in [1.54, 1.807) is 13.0 Å². The smallest absolute Gasteiger partial charge is 0.229 e. The van der Waals surface area contributed by atoms with Gasteiger partial charge < -0.3 is 5.32 Å². The first-order valence-electron chi connectivity index (χ1n) is 4.62. The molecule has 1 aromatic heterocycles. The molecule has 0 unspecified atom stereocenters. The molecule has 0 aliphatic carbocycles. The molecule has 1 N–H and O–H groups in total. The largest absolute Gasteiger partial charge is 0.324 e. The number of aromatic nitrogens is 2. The molecule has 4 nitrogen and oxygen atoms in total. The van der Waals surface area contributed by atoms with E-state index in [-0.39, 0.29) is 11.1 Å². The number of hydrogen-bond donors (Lipinski definition) is 1. The Morgan fingerprint density at radius 3 is 2.53 bits per heavy atom. The van der Waals surface area contributed by atoms with Crippen molar-refractivity contribution in [2.24, 2.45) is 5.41 Å². The van der Waals surface area contributed by atoms with E-state index >= 15 is 0 Å². The average molecular weight is 228 g/mol. The summed E-state index contributed by atoms with van der Waals surface area (Å²) >= 11 is 5.69. The lowest BCUT2D eigenvalue weighted by molar-refractivity contribution is -0.123. The van der Waals surface area contributed by atoms with Gasteiger partial charge in [-0.2, -0.15) is 5.10 Å². The molecule has 0 bridgehead atoms. The van der Waals surface area contributed by atoms with Crippen LogP contribution in [-0.4, -0.2) is 16.1 Å². The van der Waals surface area contributed by atoms with Gasteiger partial charge in [0, 0.05) is 11.5 Å². The molecule has 1 rings (SSSR count). The number of aryl methyl sites for hydroxylation is 1. The molecule has 0 radical (unpaired) electrons. The fraction of sp³-hybridized carbons (Fsp3) is 0.500. The number of halogens is 1. The van der Waals surface area contributed by atoms with Gasteiger partial charge in [-0.1, -0.05) is 32.4 Å². The normalized spacial score (nSPS) is 11.3. The second kappa shape index (κ2) is 4.14. The van der Waals surface area contributed by atoms with Crippen molar-refractivity contribution in [3.8, 4) is 0 Å². The van der Waals surface area contributed by atoms with Gasteiger partial charge in [-0.15, -0.1) is 5.10 Å². The zero-order chi connectivity index (χ0) is 11.6. The van der Waals surface area contributed by atoms with E-state index in [1.165, 1.54) is 0 Å². The molecule has 1 amide bonds. The van der Waals surface area contributed by atoms with Crippen molar-refractivity contribution in [3.05, 3.63) is 16.9 Å². The Bertz CT molecular complexity index is 385. The van der Waals surface area contributed by atoms with Crippen molar-refractivity contribution in [3.63, 3.8) is 0 Å². The van der Waals surface area contributed by atoms with Gasteiger partial charge in [0.05, 0.1) is 11.4 Å². The number of anilines is 1. The highest BCUT2D eigenvalue weighted by atomic mass is 35.5. The molecule has 0 aliphatic rings. The Morgan fingerprint density at radius 1 is 1.40 bits per heavy atom. The van der Waals surface area contributed by atoms with Gasteiger partial charge in [0.2, 0.25) is 5.91 Å². The van der Waals surface area contributed by atoms with Crippen molar-refractivity contribution < 1.29 is 4.79 Å². The summed E-state index contributed by atoms with van der Waals surface area (Å²) in [6, 6.07) is 1.59. The lowest BCUT2D eigenvalue weighted by atomic mass is 9.95. The number of nitrogens with zero attached hydrogens (tertiary/aromatic N) is 2. The summed E-state index contributed by atoms with van der Waals surface area (Å²) in [5.74, 6) is -0.0744. The molecular weight excluding hydrogens is 214 g/mol. The van der Waals surface area contributed by atoms with Crippen LogP contribution in [0, 0.1) is 12.3 Å². The van der Waals surface area contributed by atoms with Crippen molar-refractivity contribution in [2.45, 2.75) is 27.7 Å². The van der Waals surface area contributed by atoms with Gasteiger partial charge in [0.25, 0.3) is 0 Å². The fourth-order valence-corrected chi connectivity index (χ4v) is 1.01. The monoisotopic (exact) mass is 227 g/mol. The maximum absolute atomic E-state index is 11.7. The van der Waals surface area contributed by atoms with Gasteiger partial charge in [0.1, 0.15) is 0 Å². The van der Waals surface area contributed by atoms with E-state index in [0.29, 0.717) is 11.4 Å². The second-order valence-electron chi connectivity index (χ2n) is 4.37. The molecule has 5 heteroatoms. The lowest BCUT2D eigenvalue weighted by Crippen LogP contribution is -2.28. The van der Waals surface area contributed by atoms with Crippen molar-refractivity contribution in [1.29, 1.82) is 0 Å². The minimum absolute atomic E-state index is 0.0744. The van der Waals surface area contributed by atoms with Gasteiger partial charge >= 0.3 is 0 Å². The fourth-order valence-electron chi connectivity index (χ4n) is 0.865. The molecule has 1 aromatic rings. The highest BCUT2D eigenvalue weighted by Crippen LogP contribution is 2.20. The summed E-state index contributed by atoms with van der Waals surface area (Å²) in [6.07, 6.45) is 0. The van der Waals surface area contributed by atoms with Crippen LogP contribution in [0.5, 0.6) is 0 Å². The summed E-state index contributed by atoms with van der Waals surface area (Å²) in [4.78, 5) is 11.7. The Kier molecular flexibility index (Phi) is 3.29. The molecule has 0 saturated carbocycles. The second-order valence-corrected chi connectivity index (χ2v) is 4.76. The molecule has 0 spiro atoms. The molecule has 15 heavy (non-hydrogen) atoms. The molecule has 82 valence electrons. The number of nitrogens with one attached hydrogen (secondary N) is 1. The summed E-state index contributed by atoms with van der Waals surface area (Å²) < 4.78 is 0. The van der Waals surface area contributed by atoms with Crippen LogP contribution in [0.15, 0.2) is 6.07 Å². The third kappa shape index (κ3) is 3.16. The molecule has 0 aromatic carbocycles. The Labute approximate surface area is 94.0 Å². The lowest BCUT2D eigenvalue weighted by Gasteiger charge is -2.18. The quantitative estimate of drug-likeness (QED) is 0.802. The third-order valence-corrected chi connectivity index (χ3v) is 2.06. The van der Waals surface area contributed by atoms with E-state index in [2.05, 4.69) is 15.5 Å². The topological polar surface area (TPSA) is 54.9 Å². The van der Waals surface area contributed by atoms with E-state index in [4.69, 9.17) is 11.6 Å². The van der Waals surface area contributed by atoms with Crippen LogP contribution in [0.3, 0.4) is 0 Å². The predicted molar refractivity (Wildman–Crippen MR) is 59.9 cm³/mol. The molecule has 0 aliphatic heterocycles. The van der Waals surface area contributed by atoms with Gasteiger partial charge in [-0.25, -0.2) is 0 Å². The maximum atomic E-state index is 11.7. The summed E-state index contributed by atoms with van der Waals surface area (Å²) in [5.41, 5.74) is 0.814. The number of amides is 1. The van der Waals surface area contributed by atoms with Gasteiger partial charge in [-0.3, -0.25) is 4.79 Å². The number of carbonyl (C=O) groups is 1. The van der Waals surface area contributed by atoms with E-state index in [9.17, 15) is 4.79 Å². The zero-order valence-electron chi connectivity index (χ0n) is 9.26. The van der Waals surface area contributed by atoms with Crippen LogP contribution >= 0.6 is 11.6 Å². The number of hydrogen-bond acceptors (Lipinski definition) is 3. The average Bonchev–Trinajstić information content (AvgIpc) is 2.09. The maximum Gasteiger partial charge on any atom is 0.229 e. The first kappa shape index (κ1) is 11.9. The number of carbonyl (C=O) groups excluding carboxylic acids is 1. The minimum atomic E-state index is -0.442. The van der Waals surface area contributed by atoms with Gasteiger partial charge in [-0.05, 0) is 6.92 Å². The molecular formula is C10H14ClN3O. The Morgan fingerprint density at radius 2 is 2.00 bits per heavy atom. The zero-order valence-corrected chi connectivity index (χ0v) is 10.0. The van der Waals surface area contributed by atoms with Crippen LogP contribution in [0.4, 0.5) is 5.69 Å². The van der Waals surface area contributed by atoms with Crippen LogP contribution in [-0.2, 0) is 4.79 Å². The van der Waals surface area contributed by atoms with Crippen LogP contribution in [0.25, 0.3) is 0 Å². The standard InChI is InChI=1S/C10H14ClN3O/c1-6-7(5-8(11)14-13-6)12-9(15)10(2,3)4/h5H,1-4H3,(H,12,14,15). The first-order valence-corrected chi connectivity index (χ1v) is 5.00. The Hall–Kier alpha value is -1.16. The van der Waals surface area contributed by atoms with Crippen LogP contribution in [0.1, 0.15) is 26.5 Å². The SMILES string of the molecule is Cc1nnc(Cl)cc1NC(=O)C(C)(C)C. The molecule has 0 fully saturated rings. The third-order valence-electron chi connectivity index (χ3n) is 1.88. The summed E-state index contributed by atoms with van der Waals surface area (Å²) in [6.45, 7) is 7.29. The predicted octanol–water partition coefficient (Wildman–Crippen LogP) is 2.42. The molecule has 0 atom stereocenters. The minimum Gasteiger partial charge on any atom is -0.324 e. The molecule has 1 heterocycles. The first-order chi connectivity index (χ1) is 6.80. The highest BCUT2D eigenvalue weighted by Gasteiger charge is 2.21.